The van der Waals surface area contributed by atoms with Gasteiger partial charge in [0.1, 0.15) is 12.3 Å². The zero-order valence-corrected chi connectivity index (χ0v) is 20.9. The summed E-state index contributed by atoms with van der Waals surface area (Å²) in [5.41, 5.74) is 2.06. The molecule has 0 heterocycles. The van der Waals surface area contributed by atoms with Gasteiger partial charge in [-0.1, -0.05) is 24.1 Å². The second-order valence-corrected chi connectivity index (χ2v) is 7.10. The van der Waals surface area contributed by atoms with Crippen molar-refractivity contribution in [3.8, 4) is 18.1 Å². The van der Waals surface area contributed by atoms with Crippen LogP contribution in [0.3, 0.4) is 0 Å². The molecule has 8 heteroatoms. The maximum atomic E-state index is 12.2. The summed E-state index contributed by atoms with van der Waals surface area (Å²) in [6.45, 7) is 6.63. The van der Waals surface area contributed by atoms with Gasteiger partial charge in [-0.3, -0.25) is 4.79 Å². The number of carbonyl (C=O) groups excluding carboxylic acids is 1. The van der Waals surface area contributed by atoms with Gasteiger partial charge in [-0.05, 0) is 56.7 Å². The predicted molar refractivity (Wildman–Crippen MR) is 140 cm³/mol. The van der Waals surface area contributed by atoms with Gasteiger partial charge in [0.15, 0.2) is 5.96 Å². The lowest BCUT2D eigenvalue weighted by atomic mass is 10.1. The van der Waals surface area contributed by atoms with Crippen LogP contribution in [0.5, 0.6) is 5.75 Å². The number of aliphatic hydroxyl groups is 1. The first-order chi connectivity index (χ1) is 14.9. The number of ether oxygens (including phenoxy) is 1. The Morgan fingerprint density at radius 2 is 1.91 bits per heavy atom. The van der Waals surface area contributed by atoms with Crippen molar-refractivity contribution in [2.45, 2.75) is 33.0 Å². The summed E-state index contributed by atoms with van der Waals surface area (Å²) in [5, 5.41) is 19.3. The van der Waals surface area contributed by atoms with Crippen LogP contribution in [0, 0.1) is 12.3 Å². The molecule has 1 amide bonds. The lowest BCUT2D eigenvalue weighted by molar-refractivity contribution is -0.114. The van der Waals surface area contributed by atoms with Crippen LogP contribution in [0.25, 0.3) is 0 Å². The summed E-state index contributed by atoms with van der Waals surface area (Å²) >= 11 is 0. The summed E-state index contributed by atoms with van der Waals surface area (Å²) in [4.78, 5) is 16.5. The molecular formula is C24H31IN4O3. The third kappa shape index (κ3) is 9.58. The number of aliphatic hydroxyl groups excluding tert-OH is 1. The van der Waals surface area contributed by atoms with Gasteiger partial charge in [-0.2, -0.15) is 0 Å². The summed E-state index contributed by atoms with van der Waals surface area (Å²) in [7, 11) is 0. The standard InChI is InChI=1S/C24H30N4O3.HI/c1-5-18-8-7-9-20(14-18)28-23(30)16-27-24(25-6-2)26-15-22(29)19-10-12-21(13-11-19)31-17(3)4;/h1,7-14,17,22,29H,6,15-16H2,2-4H3,(H,28,30)(H2,25,26,27);1H. The van der Waals surface area contributed by atoms with Crippen molar-refractivity contribution in [1.82, 2.24) is 10.6 Å². The molecule has 0 saturated heterocycles. The number of rotatable bonds is 9. The van der Waals surface area contributed by atoms with E-state index in [1.807, 2.05) is 45.0 Å². The Morgan fingerprint density at radius 3 is 2.53 bits per heavy atom. The van der Waals surface area contributed by atoms with Crippen molar-refractivity contribution in [2.24, 2.45) is 4.99 Å². The Hall–Kier alpha value is -2.77. The molecule has 7 nitrogen and oxygen atoms in total. The van der Waals surface area contributed by atoms with Gasteiger partial charge in [0.2, 0.25) is 5.91 Å². The molecule has 0 fully saturated rings. The van der Waals surface area contributed by atoms with Gasteiger partial charge in [0.05, 0.1) is 12.2 Å². The van der Waals surface area contributed by atoms with Crippen LogP contribution in [0.2, 0.25) is 0 Å². The molecule has 0 aromatic heterocycles. The first-order valence-corrected chi connectivity index (χ1v) is 10.2. The van der Waals surface area contributed by atoms with Crippen LogP contribution in [0.15, 0.2) is 53.5 Å². The van der Waals surface area contributed by atoms with E-state index in [0.29, 0.717) is 23.8 Å². The highest BCUT2D eigenvalue weighted by Gasteiger charge is 2.10. The van der Waals surface area contributed by atoms with Crippen LogP contribution < -0.4 is 20.7 Å². The largest absolute Gasteiger partial charge is 0.491 e. The van der Waals surface area contributed by atoms with Gasteiger partial charge >= 0.3 is 0 Å². The Balaban J connectivity index is 0.00000512. The van der Waals surface area contributed by atoms with E-state index in [2.05, 4.69) is 26.9 Å². The second-order valence-electron chi connectivity index (χ2n) is 7.10. The van der Waals surface area contributed by atoms with Crippen molar-refractivity contribution in [1.29, 1.82) is 0 Å². The van der Waals surface area contributed by atoms with Crippen LogP contribution in [-0.4, -0.2) is 42.7 Å². The highest BCUT2D eigenvalue weighted by atomic mass is 127. The average Bonchev–Trinajstić information content (AvgIpc) is 2.75. The number of halogens is 1. The quantitative estimate of drug-likeness (QED) is 0.167. The normalized spacial score (nSPS) is 11.7. The average molecular weight is 550 g/mol. The van der Waals surface area contributed by atoms with Crippen LogP contribution in [0.1, 0.15) is 38.0 Å². The number of carbonyl (C=O) groups is 1. The number of benzene rings is 2. The highest BCUT2D eigenvalue weighted by Crippen LogP contribution is 2.18. The first kappa shape index (κ1) is 27.3. The number of hydrogen-bond donors (Lipinski definition) is 4. The zero-order chi connectivity index (χ0) is 22.6. The van der Waals surface area contributed by atoms with Gasteiger partial charge in [-0.15, -0.1) is 30.4 Å². The molecule has 2 aromatic rings. The van der Waals surface area contributed by atoms with E-state index in [-0.39, 0.29) is 49.1 Å². The van der Waals surface area contributed by atoms with Crippen molar-refractivity contribution < 1.29 is 14.6 Å². The van der Waals surface area contributed by atoms with Gasteiger partial charge in [0.25, 0.3) is 0 Å². The number of anilines is 1. The van der Waals surface area contributed by atoms with Gasteiger partial charge in [-0.25, -0.2) is 4.99 Å². The molecule has 0 aliphatic rings. The number of aliphatic imine (C=N–C) groups is 1. The molecule has 0 radical (unpaired) electrons. The van der Waals surface area contributed by atoms with Crippen molar-refractivity contribution in [2.75, 3.05) is 25.0 Å². The van der Waals surface area contributed by atoms with E-state index >= 15 is 0 Å². The fraction of sp³-hybridized carbons (Fsp3) is 0.333. The molecule has 1 unspecified atom stereocenters. The molecule has 0 saturated carbocycles. The van der Waals surface area contributed by atoms with E-state index in [1.54, 1.807) is 24.3 Å². The Morgan fingerprint density at radius 1 is 1.19 bits per heavy atom. The zero-order valence-electron chi connectivity index (χ0n) is 18.6. The number of nitrogens with zero attached hydrogens (tertiary/aromatic N) is 1. The highest BCUT2D eigenvalue weighted by molar-refractivity contribution is 14.0. The molecule has 4 N–H and O–H groups in total. The van der Waals surface area contributed by atoms with E-state index in [1.165, 1.54) is 0 Å². The SMILES string of the molecule is C#Cc1cccc(NC(=O)CN=C(NCC)NCC(O)c2ccc(OC(C)C)cc2)c1.I. The van der Waals surface area contributed by atoms with Crippen LogP contribution in [-0.2, 0) is 4.79 Å². The number of amides is 1. The van der Waals surface area contributed by atoms with E-state index in [9.17, 15) is 9.90 Å². The molecule has 2 rings (SSSR count). The number of terminal acetylenes is 1. The fourth-order valence-corrected chi connectivity index (χ4v) is 2.73. The van der Waals surface area contributed by atoms with E-state index in [0.717, 1.165) is 11.3 Å². The molecule has 0 bridgehead atoms. The molecule has 172 valence electrons. The summed E-state index contributed by atoms with van der Waals surface area (Å²) < 4.78 is 5.61. The molecular weight excluding hydrogens is 519 g/mol. The maximum absolute atomic E-state index is 12.2. The van der Waals surface area contributed by atoms with Crippen molar-refractivity contribution in [3.63, 3.8) is 0 Å². The summed E-state index contributed by atoms with van der Waals surface area (Å²) in [6.07, 6.45) is 4.73. The number of nitrogens with one attached hydrogen (secondary N) is 3. The third-order valence-corrected chi connectivity index (χ3v) is 4.14. The summed E-state index contributed by atoms with van der Waals surface area (Å²) in [5.74, 6) is 3.46. The maximum Gasteiger partial charge on any atom is 0.246 e. The topological polar surface area (TPSA) is 95.0 Å². The first-order valence-electron chi connectivity index (χ1n) is 10.2. The molecule has 32 heavy (non-hydrogen) atoms. The smallest absolute Gasteiger partial charge is 0.246 e. The van der Waals surface area contributed by atoms with E-state index in [4.69, 9.17) is 11.2 Å². The van der Waals surface area contributed by atoms with Crippen molar-refractivity contribution in [3.05, 3.63) is 59.7 Å². The third-order valence-electron chi connectivity index (χ3n) is 4.14. The lowest BCUT2D eigenvalue weighted by Crippen LogP contribution is -2.40. The Labute approximate surface area is 207 Å². The Bertz CT molecular complexity index is 924. The molecule has 0 aliphatic carbocycles. The minimum Gasteiger partial charge on any atom is -0.491 e. The molecule has 1 atom stereocenters. The monoisotopic (exact) mass is 550 g/mol. The van der Waals surface area contributed by atoms with Crippen LogP contribution >= 0.6 is 24.0 Å². The second kappa shape index (κ2) is 14.3. The van der Waals surface area contributed by atoms with Crippen molar-refractivity contribution >= 4 is 41.5 Å². The number of hydrogen-bond acceptors (Lipinski definition) is 4. The number of guanidine groups is 1. The van der Waals surface area contributed by atoms with Gasteiger partial charge < -0.3 is 25.8 Å². The Kier molecular flexibility index (Phi) is 12.2. The summed E-state index contributed by atoms with van der Waals surface area (Å²) in [6, 6.07) is 14.4. The van der Waals surface area contributed by atoms with Gasteiger partial charge in [0, 0.05) is 24.3 Å². The predicted octanol–water partition coefficient (Wildman–Crippen LogP) is 3.30. The van der Waals surface area contributed by atoms with E-state index < -0.39 is 6.10 Å². The minimum absolute atomic E-state index is 0. The molecule has 0 aliphatic heterocycles. The minimum atomic E-state index is -0.739. The molecule has 2 aromatic carbocycles. The molecule has 0 spiro atoms. The fourth-order valence-electron chi connectivity index (χ4n) is 2.73. The lowest BCUT2D eigenvalue weighted by Gasteiger charge is -2.16. The van der Waals surface area contributed by atoms with Crippen LogP contribution in [0.4, 0.5) is 5.69 Å².